The highest BCUT2D eigenvalue weighted by molar-refractivity contribution is 5.99. The summed E-state index contributed by atoms with van der Waals surface area (Å²) in [6.45, 7) is 0. The Hall–Kier alpha value is -1.62. The standard InChI is InChI=1S/C13H19N3O2/c1-14-12-8-15-6-5-11(12)13(17)16-9-3-4-10(7-9)18-2/h5-6,8-10,14H,3-4,7H2,1-2H3,(H,16,17). The molecule has 1 heterocycles. The van der Waals surface area contributed by atoms with Crippen molar-refractivity contribution in [1.82, 2.24) is 10.3 Å². The Morgan fingerprint density at radius 2 is 2.33 bits per heavy atom. The Morgan fingerprint density at radius 1 is 1.50 bits per heavy atom. The number of methoxy groups -OCH3 is 1. The van der Waals surface area contributed by atoms with Gasteiger partial charge in [0, 0.05) is 26.4 Å². The van der Waals surface area contributed by atoms with Crippen molar-refractivity contribution >= 4 is 11.6 Å². The molecule has 1 aromatic heterocycles. The number of carbonyl (C=O) groups is 1. The molecule has 0 saturated heterocycles. The molecule has 2 unspecified atom stereocenters. The largest absolute Gasteiger partial charge is 0.386 e. The summed E-state index contributed by atoms with van der Waals surface area (Å²) in [6, 6.07) is 1.93. The van der Waals surface area contributed by atoms with E-state index >= 15 is 0 Å². The molecular weight excluding hydrogens is 230 g/mol. The molecule has 1 aliphatic carbocycles. The van der Waals surface area contributed by atoms with Crippen molar-refractivity contribution < 1.29 is 9.53 Å². The molecule has 1 aromatic rings. The van der Waals surface area contributed by atoms with Crippen LogP contribution in [0.1, 0.15) is 29.6 Å². The van der Waals surface area contributed by atoms with Crippen molar-refractivity contribution in [2.75, 3.05) is 19.5 Å². The first-order valence-electron chi connectivity index (χ1n) is 6.20. The van der Waals surface area contributed by atoms with E-state index in [2.05, 4.69) is 15.6 Å². The maximum absolute atomic E-state index is 12.2. The van der Waals surface area contributed by atoms with E-state index < -0.39 is 0 Å². The maximum atomic E-state index is 12.2. The van der Waals surface area contributed by atoms with E-state index in [1.807, 2.05) is 0 Å². The predicted molar refractivity (Wildman–Crippen MR) is 69.7 cm³/mol. The van der Waals surface area contributed by atoms with Crippen molar-refractivity contribution in [2.24, 2.45) is 0 Å². The Morgan fingerprint density at radius 3 is 3.00 bits per heavy atom. The van der Waals surface area contributed by atoms with Gasteiger partial charge in [0.05, 0.1) is 23.6 Å². The van der Waals surface area contributed by atoms with E-state index in [9.17, 15) is 4.79 Å². The predicted octanol–water partition coefficient (Wildman–Crippen LogP) is 1.42. The number of hydrogen-bond acceptors (Lipinski definition) is 4. The van der Waals surface area contributed by atoms with Crippen LogP contribution in [0.15, 0.2) is 18.5 Å². The molecule has 1 fully saturated rings. The van der Waals surface area contributed by atoms with E-state index in [0.29, 0.717) is 5.56 Å². The summed E-state index contributed by atoms with van der Waals surface area (Å²) >= 11 is 0. The zero-order valence-electron chi connectivity index (χ0n) is 10.8. The molecule has 0 aromatic carbocycles. The molecule has 0 radical (unpaired) electrons. The van der Waals surface area contributed by atoms with Gasteiger partial charge in [-0.05, 0) is 25.3 Å². The second-order valence-corrected chi connectivity index (χ2v) is 4.51. The number of amides is 1. The van der Waals surface area contributed by atoms with Crippen LogP contribution in [-0.4, -0.2) is 37.2 Å². The van der Waals surface area contributed by atoms with Crippen molar-refractivity contribution in [1.29, 1.82) is 0 Å². The highest BCUT2D eigenvalue weighted by atomic mass is 16.5. The van der Waals surface area contributed by atoms with E-state index in [0.717, 1.165) is 24.9 Å². The fourth-order valence-corrected chi connectivity index (χ4v) is 2.34. The second kappa shape index (κ2) is 5.82. The van der Waals surface area contributed by atoms with Gasteiger partial charge in [-0.15, -0.1) is 0 Å². The zero-order valence-corrected chi connectivity index (χ0v) is 10.8. The molecule has 98 valence electrons. The number of rotatable bonds is 4. The molecule has 0 aliphatic heterocycles. The monoisotopic (exact) mass is 249 g/mol. The molecule has 0 bridgehead atoms. The second-order valence-electron chi connectivity index (χ2n) is 4.51. The van der Waals surface area contributed by atoms with Crippen LogP contribution >= 0.6 is 0 Å². The molecule has 2 N–H and O–H groups in total. The Kier molecular flexibility index (Phi) is 4.15. The van der Waals surface area contributed by atoms with Gasteiger partial charge in [0.2, 0.25) is 0 Å². The lowest BCUT2D eigenvalue weighted by Gasteiger charge is -2.14. The number of aromatic nitrogens is 1. The maximum Gasteiger partial charge on any atom is 0.253 e. The highest BCUT2D eigenvalue weighted by Crippen LogP contribution is 2.22. The average molecular weight is 249 g/mol. The number of pyridine rings is 1. The summed E-state index contributed by atoms with van der Waals surface area (Å²) in [6.07, 6.45) is 6.43. The molecular formula is C13H19N3O2. The normalized spacial score (nSPS) is 22.8. The van der Waals surface area contributed by atoms with Gasteiger partial charge < -0.3 is 15.4 Å². The molecule has 1 amide bonds. The lowest BCUT2D eigenvalue weighted by molar-refractivity contribution is 0.0915. The highest BCUT2D eigenvalue weighted by Gasteiger charge is 2.26. The lowest BCUT2D eigenvalue weighted by atomic mass is 10.2. The van der Waals surface area contributed by atoms with Crippen LogP contribution in [-0.2, 0) is 4.74 Å². The van der Waals surface area contributed by atoms with Gasteiger partial charge in [-0.3, -0.25) is 9.78 Å². The summed E-state index contributed by atoms with van der Waals surface area (Å²) in [5.41, 5.74) is 1.38. The summed E-state index contributed by atoms with van der Waals surface area (Å²) < 4.78 is 5.30. The van der Waals surface area contributed by atoms with Crippen LogP contribution in [0.25, 0.3) is 0 Å². The average Bonchev–Trinajstić information content (AvgIpc) is 2.86. The Balaban J connectivity index is 2.00. The molecule has 1 aliphatic rings. The summed E-state index contributed by atoms with van der Waals surface area (Å²) in [5.74, 6) is -0.0523. The Bertz CT molecular complexity index is 422. The van der Waals surface area contributed by atoms with Crippen molar-refractivity contribution in [3.63, 3.8) is 0 Å². The van der Waals surface area contributed by atoms with Gasteiger partial charge in [-0.2, -0.15) is 0 Å². The fourth-order valence-electron chi connectivity index (χ4n) is 2.34. The van der Waals surface area contributed by atoms with E-state index in [-0.39, 0.29) is 18.1 Å². The smallest absolute Gasteiger partial charge is 0.253 e. The fraction of sp³-hybridized carbons (Fsp3) is 0.538. The Labute approximate surface area is 107 Å². The molecule has 2 atom stereocenters. The van der Waals surface area contributed by atoms with Crippen molar-refractivity contribution in [3.8, 4) is 0 Å². The molecule has 2 rings (SSSR count). The minimum Gasteiger partial charge on any atom is -0.386 e. The van der Waals surface area contributed by atoms with Gasteiger partial charge in [-0.25, -0.2) is 0 Å². The van der Waals surface area contributed by atoms with Crippen LogP contribution in [0.5, 0.6) is 0 Å². The summed E-state index contributed by atoms with van der Waals surface area (Å²) in [4.78, 5) is 16.1. The van der Waals surface area contributed by atoms with Crippen molar-refractivity contribution in [2.45, 2.75) is 31.4 Å². The quantitative estimate of drug-likeness (QED) is 0.847. The number of anilines is 1. The first kappa shape index (κ1) is 12.8. The number of ether oxygens (including phenoxy) is 1. The van der Waals surface area contributed by atoms with E-state index in [1.54, 1.807) is 32.6 Å². The third-order valence-electron chi connectivity index (χ3n) is 3.39. The SMILES string of the molecule is CNc1cnccc1C(=O)NC1CCC(OC)C1. The molecule has 18 heavy (non-hydrogen) atoms. The van der Waals surface area contributed by atoms with E-state index in [1.165, 1.54) is 0 Å². The van der Waals surface area contributed by atoms with Crippen LogP contribution in [0.2, 0.25) is 0 Å². The first-order valence-corrected chi connectivity index (χ1v) is 6.20. The lowest BCUT2D eigenvalue weighted by Crippen LogP contribution is -2.33. The van der Waals surface area contributed by atoms with Crippen molar-refractivity contribution in [3.05, 3.63) is 24.0 Å². The number of hydrogen-bond donors (Lipinski definition) is 2. The van der Waals surface area contributed by atoms with Crippen LogP contribution in [0, 0.1) is 0 Å². The van der Waals surface area contributed by atoms with Gasteiger partial charge in [0.1, 0.15) is 0 Å². The number of nitrogens with zero attached hydrogens (tertiary/aromatic N) is 1. The van der Waals surface area contributed by atoms with Crippen LogP contribution in [0.3, 0.4) is 0 Å². The third kappa shape index (κ3) is 2.79. The first-order chi connectivity index (χ1) is 8.74. The molecule has 1 saturated carbocycles. The van der Waals surface area contributed by atoms with Gasteiger partial charge >= 0.3 is 0 Å². The van der Waals surface area contributed by atoms with Gasteiger partial charge in [-0.1, -0.05) is 0 Å². The molecule has 5 nitrogen and oxygen atoms in total. The molecule has 0 spiro atoms. The summed E-state index contributed by atoms with van der Waals surface area (Å²) in [5, 5.41) is 6.02. The van der Waals surface area contributed by atoms with E-state index in [4.69, 9.17) is 4.74 Å². The van der Waals surface area contributed by atoms with Gasteiger partial charge in [0.15, 0.2) is 0 Å². The summed E-state index contributed by atoms with van der Waals surface area (Å²) in [7, 11) is 3.50. The number of carbonyl (C=O) groups excluding carboxylic acids is 1. The van der Waals surface area contributed by atoms with Crippen LogP contribution < -0.4 is 10.6 Å². The number of nitrogens with one attached hydrogen (secondary N) is 2. The topological polar surface area (TPSA) is 63.2 Å². The van der Waals surface area contributed by atoms with Crippen LogP contribution in [0.4, 0.5) is 5.69 Å². The third-order valence-corrected chi connectivity index (χ3v) is 3.39. The van der Waals surface area contributed by atoms with Gasteiger partial charge in [0.25, 0.3) is 5.91 Å². The molecule has 5 heteroatoms. The minimum absolute atomic E-state index is 0.0523. The zero-order chi connectivity index (χ0) is 13.0. The minimum atomic E-state index is -0.0523.